The summed E-state index contributed by atoms with van der Waals surface area (Å²) in [5.74, 6) is -1.09. The summed E-state index contributed by atoms with van der Waals surface area (Å²) in [6.07, 6.45) is 1.48. The van der Waals surface area contributed by atoms with Crippen LogP contribution >= 0.6 is 15.9 Å². The number of benzene rings is 3. The van der Waals surface area contributed by atoms with Crippen molar-refractivity contribution in [1.29, 1.82) is 0 Å². The van der Waals surface area contributed by atoms with Crippen molar-refractivity contribution in [2.45, 2.75) is 24.1 Å². The number of fused-ring (bicyclic) bond motifs is 1. The number of rotatable bonds is 6. The van der Waals surface area contributed by atoms with Crippen molar-refractivity contribution in [3.8, 4) is 0 Å². The van der Waals surface area contributed by atoms with E-state index in [1.54, 1.807) is 41.0 Å². The van der Waals surface area contributed by atoms with Crippen molar-refractivity contribution < 1.29 is 17.6 Å². The Labute approximate surface area is 193 Å². The van der Waals surface area contributed by atoms with Crippen LogP contribution in [-0.2, 0) is 26.9 Å². The number of sulfone groups is 1. The van der Waals surface area contributed by atoms with Crippen molar-refractivity contribution in [3.63, 3.8) is 0 Å². The van der Waals surface area contributed by atoms with E-state index in [1.807, 2.05) is 19.1 Å². The largest absolute Gasteiger partial charge is 0.337 e. The third kappa shape index (κ3) is 4.76. The molecule has 8 heteroatoms. The number of anilines is 1. The maximum atomic E-state index is 13.5. The SMILES string of the molecule is Cc1cc(Br)ccc1NC(=O)Cn1cc(S(=O)(=O)Cc2cccc(F)c2)c2ccccc21. The number of nitrogens with one attached hydrogen (secondary N) is 1. The number of nitrogens with zero attached hydrogens (tertiary/aromatic N) is 1. The number of carbonyl (C=O) groups excluding carboxylic acids is 1. The predicted octanol–water partition coefficient (Wildman–Crippen LogP) is 5.46. The molecule has 1 heterocycles. The molecular weight excluding hydrogens is 495 g/mol. The van der Waals surface area contributed by atoms with Crippen LogP contribution in [0.15, 0.2) is 82.3 Å². The highest BCUT2D eigenvalue weighted by atomic mass is 79.9. The van der Waals surface area contributed by atoms with Gasteiger partial charge in [-0.1, -0.05) is 46.3 Å². The first kappa shape index (κ1) is 22.2. The van der Waals surface area contributed by atoms with E-state index in [0.29, 0.717) is 22.2 Å². The van der Waals surface area contributed by atoms with E-state index >= 15 is 0 Å². The first-order chi connectivity index (χ1) is 15.2. The Morgan fingerprint density at radius 3 is 2.59 bits per heavy atom. The standard InChI is InChI=1S/C24H20BrFN2O3S/c1-16-11-18(25)9-10-21(16)27-24(29)14-28-13-23(20-7-2-3-8-22(20)28)32(30,31)15-17-5-4-6-19(26)12-17/h2-13H,14-15H2,1H3,(H,27,29). The van der Waals surface area contributed by atoms with Crippen LogP contribution in [0, 0.1) is 12.7 Å². The van der Waals surface area contributed by atoms with Gasteiger partial charge in [0.15, 0.2) is 9.84 Å². The van der Waals surface area contributed by atoms with Crippen molar-refractivity contribution in [2.24, 2.45) is 0 Å². The highest BCUT2D eigenvalue weighted by Gasteiger charge is 2.22. The van der Waals surface area contributed by atoms with Gasteiger partial charge in [0.1, 0.15) is 12.4 Å². The Morgan fingerprint density at radius 1 is 1.06 bits per heavy atom. The minimum atomic E-state index is -3.77. The van der Waals surface area contributed by atoms with E-state index in [9.17, 15) is 17.6 Å². The fourth-order valence-electron chi connectivity index (χ4n) is 3.63. The summed E-state index contributed by atoms with van der Waals surface area (Å²) in [7, 11) is -3.77. The Bertz CT molecular complexity index is 1430. The first-order valence-corrected chi connectivity index (χ1v) is 12.3. The molecule has 0 spiro atoms. The van der Waals surface area contributed by atoms with E-state index in [2.05, 4.69) is 21.2 Å². The average molecular weight is 515 g/mol. The lowest BCUT2D eigenvalue weighted by atomic mass is 10.2. The quantitative estimate of drug-likeness (QED) is 0.371. The molecule has 1 N–H and O–H groups in total. The molecule has 0 unspecified atom stereocenters. The average Bonchev–Trinajstić information content (AvgIpc) is 3.09. The number of hydrogen-bond acceptors (Lipinski definition) is 3. The molecule has 0 saturated carbocycles. The van der Waals surface area contributed by atoms with Gasteiger partial charge in [-0.05, 0) is 54.4 Å². The zero-order valence-corrected chi connectivity index (χ0v) is 19.6. The van der Waals surface area contributed by atoms with E-state index in [4.69, 9.17) is 0 Å². The molecule has 0 aliphatic heterocycles. The molecule has 3 aromatic carbocycles. The minimum Gasteiger partial charge on any atom is -0.337 e. The van der Waals surface area contributed by atoms with Gasteiger partial charge in [-0.3, -0.25) is 4.79 Å². The number of para-hydroxylation sites is 1. The number of hydrogen-bond donors (Lipinski definition) is 1. The highest BCUT2D eigenvalue weighted by Crippen LogP contribution is 2.28. The van der Waals surface area contributed by atoms with Gasteiger partial charge in [-0.2, -0.15) is 0 Å². The summed E-state index contributed by atoms with van der Waals surface area (Å²) in [6.45, 7) is 1.84. The number of amides is 1. The topological polar surface area (TPSA) is 68.2 Å². The lowest BCUT2D eigenvalue weighted by molar-refractivity contribution is -0.116. The Balaban J connectivity index is 1.64. The van der Waals surface area contributed by atoms with Gasteiger partial charge in [-0.25, -0.2) is 12.8 Å². The van der Waals surface area contributed by atoms with Crippen LogP contribution in [0.1, 0.15) is 11.1 Å². The predicted molar refractivity (Wildman–Crippen MR) is 127 cm³/mol. The fourth-order valence-corrected chi connectivity index (χ4v) is 5.67. The Morgan fingerprint density at radius 2 is 1.84 bits per heavy atom. The summed E-state index contributed by atoms with van der Waals surface area (Å²) >= 11 is 3.40. The van der Waals surface area contributed by atoms with Gasteiger partial charge in [-0.15, -0.1) is 0 Å². The molecule has 164 valence electrons. The molecule has 1 aromatic heterocycles. The van der Waals surface area contributed by atoms with Crippen LogP contribution in [0.25, 0.3) is 10.9 Å². The summed E-state index contributed by atoms with van der Waals surface area (Å²) in [5.41, 5.74) is 2.59. The summed E-state index contributed by atoms with van der Waals surface area (Å²) in [5, 5.41) is 3.40. The molecular formula is C24H20BrFN2O3S. The second-order valence-corrected chi connectivity index (χ2v) is 10.4. The van der Waals surface area contributed by atoms with Crippen LogP contribution < -0.4 is 5.32 Å². The zero-order valence-electron chi connectivity index (χ0n) is 17.2. The van der Waals surface area contributed by atoms with E-state index in [0.717, 1.165) is 10.0 Å². The van der Waals surface area contributed by atoms with E-state index in [1.165, 1.54) is 24.4 Å². The summed E-state index contributed by atoms with van der Waals surface area (Å²) in [6, 6.07) is 18.1. The van der Waals surface area contributed by atoms with E-state index in [-0.39, 0.29) is 23.1 Å². The molecule has 0 bridgehead atoms. The molecule has 0 aliphatic carbocycles. The smallest absolute Gasteiger partial charge is 0.244 e. The van der Waals surface area contributed by atoms with Gasteiger partial charge in [0.2, 0.25) is 5.91 Å². The van der Waals surface area contributed by atoms with Crippen molar-refractivity contribution in [2.75, 3.05) is 5.32 Å². The van der Waals surface area contributed by atoms with Crippen LogP contribution in [0.5, 0.6) is 0 Å². The van der Waals surface area contributed by atoms with Crippen LogP contribution in [0.3, 0.4) is 0 Å². The first-order valence-electron chi connectivity index (χ1n) is 9.84. The molecule has 0 atom stereocenters. The molecule has 5 nitrogen and oxygen atoms in total. The molecule has 1 amide bonds. The lowest BCUT2D eigenvalue weighted by Gasteiger charge is -2.10. The van der Waals surface area contributed by atoms with Gasteiger partial charge in [0.05, 0.1) is 10.6 Å². The number of aromatic nitrogens is 1. The van der Waals surface area contributed by atoms with Gasteiger partial charge < -0.3 is 9.88 Å². The maximum absolute atomic E-state index is 13.5. The highest BCUT2D eigenvalue weighted by molar-refractivity contribution is 9.10. The van der Waals surface area contributed by atoms with Gasteiger partial charge >= 0.3 is 0 Å². The molecule has 0 saturated heterocycles. The number of aryl methyl sites for hydroxylation is 1. The molecule has 0 fully saturated rings. The van der Waals surface area contributed by atoms with Crippen molar-refractivity contribution in [3.05, 3.63) is 94.3 Å². The second kappa shape index (κ2) is 8.88. The normalized spacial score (nSPS) is 11.6. The van der Waals surface area contributed by atoms with Gasteiger partial charge in [0.25, 0.3) is 0 Å². The zero-order chi connectivity index (χ0) is 22.9. The van der Waals surface area contributed by atoms with Crippen LogP contribution in [-0.4, -0.2) is 18.9 Å². The molecule has 4 aromatic rings. The molecule has 4 rings (SSSR count). The minimum absolute atomic E-state index is 0.0501. The third-order valence-corrected chi connectivity index (χ3v) is 7.31. The number of carbonyl (C=O) groups is 1. The summed E-state index contributed by atoms with van der Waals surface area (Å²) in [4.78, 5) is 12.8. The monoisotopic (exact) mass is 514 g/mol. The molecule has 0 radical (unpaired) electrons. The van der Waals surface area contributed by atoms with Gasteiger partial charge in [0, 0.05) is 27.3 Å². The van der Waals surface area contributed by atoms with Crippen LogP contribution in [0.2, 0.25) is 0 Å². The third-order valence-electron chi connectivity index (χ3n) is 5.11. The maximum Gasteiger partial charge on any atom is 0.244 e. The van der Waals surface area contributed by atoms with Crippen LogP contribution in [0.4, 0.5) is 10.1 Å². The van der Waals surface area contributed by atoms with Crippen molar-refractivity contribution >= 4 is 48.3 Å². The molecule has 0 aliphatic rings. The fraction of sp³-hybridized carbons (Fsp3) is 0.125. The lowest BCUT2D eigenvalue weighted by Crippen LogP contribution is -2.18. The van der Waals surface area contributed by atoms with Crippen molar-refractivity contribution in [1.82, 2.24) is 4.57 Å². The Hall–Kier alpha value is -2.97. The Kier molecular flexibility index (Phi) is 6.17. The van der Waals surface area contributed by atoms with E-state index < -0.39 is 15.7 Å². The molecule has 32 heavy (non-hydrogen) atoms. The number of halogens is 2. The second-order valence-electron chi connectivity index (χ2n) is 7.53. The summed E-state index contributed by atoms with van der Waals surface area (Å²) < 4.78 is 42.4.